The predicted molar refractivity (Wildman–Crippen MR) is 40.7 cm³/mol. The Morgan fingerprint density at radius 2 is 2.00 bits per heavy atom. The first-order valence-corrected chi connectivity index (χ1v) is 3.89. The van der Waals surface area contributed by atoms with E-state index in [4.69, 9.17) is 0 Å². The highest BCUT2D eigenvalue weighted by atomic mass is 127. The zero-order valence-corrected chi connectivity index (χ0v) is 7.61. The predicted octanol–water partition coefficient (Wildman–Crippen LogP) is 2.90. The number of carbonyl (C=O) groups is 1. The van der Waals surface area contributed by atoms with Gasteiger partial charge in [0.15, 0.2) is 0 Å². The van der Waals surface area contributed by atoms with E-state index in [-0.39, 0.29) is 13.0 Å². The van der Waals surface area contributed by atoms with Gasteiger partial charge in [0, 0.05) is 6.42 Å². The van der Waals surface area contributed by atoms with Crippen molar-refractivity contribution in [3.63, 3.8) is 0 Å². The van der Waals surface area contributed by atoms with Crippen molar-refractivity contribution in [1.82, 2.24) is 0 Å². The zero-order chi connectivity index (χ0) is 8.91. The molecule has 0 aliphatic heterocycles. The quantitative estimate of drug-likeness (QED) is 0.452. The van der Waals surface area contributed by atoms with Crippen molar-refractivity contribution >= 4 is 26.6 Å². The van der Waals surface area contributed by atoms with Gasteiger partial charge in [-0.15, -0.1) is 0 Å². The number of rotatable bonds is 3. The van der Waals surface area contributed by atoms with E-state index in [2.05, 4.69) is 4.74 Å². The van der Waals surface area contributed by atoms with E-state index in [9.17, 15) is 18.0 Å². The summed E-state index contributed by atoms with van der Waals surface area (Å²) in [4.78, 5) is 10.1. The zero-order valence-electron chi connectivity index (χ0n) is 5.45. The third kappa shape index (κ3) is 9.99. The Kier molecular flexibility index (Phi) is 4.78. The first-order chi connectivity index (χ1) is 4.92. The fourth-order valence-corrected chi connectivity index (χ4v) is 0.645. The summed E-state index contributed by atoms with van der Waals surface area (Å²) < 4.78 is 38.0. The maximum atomic E-state index is 11.4. The van der Waals surface area contributed by atoms with Crippen LogP contribution < -0.4 is 0 Å². The summed E-state index contributed by atoms with van der Waals surface area (Å²) in [6.07, 6.45) is -5.23. The molecule has 0 heterocycles. The Morgan fingerprint density at radius 3 is 2.36 bits per heavy atom. The minimum absolute atomic E-state index is 0.165. The van der Waals surface area contributed by atoms with Crippen molar-refractivity contribution in [2.45, 2.75) is 19.0 Å². The molecule has 0 aromatic heterocycles. The second kappa shape index (κ2) is 4.78. The number of hydrogen-bond donors (Lipinski definition) is 0. The van der Waals surface area contributed by atoms with Crippen LogP contribution in [0.25, 0.3) is 0 Å². The lowest BCUT2D eigenvalue weighted by Gasteiger charge is -2.04. The molecule has 0 aliphatic rings. The van der Waals surface area contributed by atoms with Gasteiger partial charge in [0.05, 0.1) is 29.2 Å². The molecule has 0 saturated carbocycles. The van der Waals surface area contributed by atoms with Crippen LogP contribution >= 0.6 is 22.6 Å². The minimum atomic E-state index is -4.16. The standard InChI is InChI=1S/C5H6F3IO2/c6-5(7,8)2-1-3-11-4(9)10/h1-3H2. The van der Waals surface area contributed by atoms with E-state index in [1.807, 2.05) is 0 Å². The summed E-state index contributed by atoms with van der Waals surface area (Å²) in [5.41, 5.74) is 0. The molecule has 66 valence electrons. The fourth-order valence-electron chi connectivity index (χ4n) is 0.425. The van der Waals surface area contributed by atoms with E-state index in [1.54, 1.807) is 0 Å². The summed E-state index contributed by atoms with van der Waals surface area (Å²) in [5, 5.41) is 0. The molecular weight excluding hydrogens is 276 g/mol. The molecule has 0 saturated heterocycles. The topological polar surface area (TPSA) is 26.3 Å². The smallest absolute Gasteiger partial charge is 0.389 e. The molecule has 0 radical (unpaired) electrons. The summed E-state index contributed by atoms with van der Waals surface area (Å²) in [6, 6.07) is 0. The highest BCUT2D eigenvalue weighted by molar-refractivity contribution is 14.1. The van der Waals surface area contributed by atoms with E-state index in [0.29, 0.717) is 0 Å². The van der Waals surface area contributed by atoms with Crippen molar-refractivity contribution < 1.29 is 22.7 Å². The Hall–Kier alpha value is -0.0100. The van der Waals surface area contributed by atoms with Gasteiger partial charge in [-0.25, -0.2) is 4.79 Å². The summed E-state index contributed by atoms with van der Waals surface area (Å²) in [7, 11) is 0. The Balaban J connectivity index is 3.22. The van der Waals surface area contributed by atoms with E-state index < -0.39 is 16.6 Å². The number of carbonyl (C=O) groups excluding carboxylic acids is 1. The van der Waals surface area contributed by atoms with Crippen LogP contribution in [0, 0.1) is 0 Å². The van der Waals surface area contributed by atoms with Crippen LogP contribution in [0.5, 0.6) is 0 Å². The fraction of sp³-hybridized carbons (Fsp3) is 0.800. The van der Waals surface area contributed by atoms with Gasteiger partial charge in [-0.05, 0) is 6.42 Å². The molecule has 0 amide bonds. The molecule has 2 nitrogen and oxygen atoms in total. The lowest BCUT2D eigenvalue weighted by molar-refractivity contribution is -0.136. The van der Waals surface area contributed by atoms with Gasteiger partial charge in [-0.1, -0.05) is 0 Å². The molecule has 0 fully saturated rings. The molecule has 0 rings (SSSR count). The number of halogens is 4. The molecule has 0 N–H and O–H groups in total. The molecule has 11 heavy (non-hydrogen) atoms. The van der Waals surface area contributed by atoms with Crippen molar-refractivity contribution in [2.24, 2.45) is 0 Å². The molecule has 0 aromatic carbocycles. The maximum Gasteiger partial charge on any atom is 0.389 e. The van der Waals surface area contributed by atoms with Crippen LogP contribution in [-0.4, -0.2) is 16.8 Å². The van der Waals surface area contributed by atoms with Crippen LogP contribution in [0.4, 0.5) is 18.0 Å². The van der Waals surface area contributed by atoms with Crippen LogP contribution in [0.1, 0.15) is 12.8 Å². The van der Waals surface area contributed by atoms with Crippen LogP contribution in [0.3, 0.4) is 0 Å². The van der Waals surface area contributed by atoms with Crippen molar-refractivity contribution in [1.29, 1.82) is 0 Å². The number of hydrogen-bond acceptors (Lipinski definition) is 2. The summed E-state index contributed by atoms with van der Waals surface area (Å²) in [5.74, 6) is 0. The van der Waals surface area contributed by atoms with Gasteiger partial charge in [-0.2, -0.15) is 13.2 Å². The molecule has 6 heteroatoms. The monoisotopic (exact) mass is 282 g/mol. The molecule has 0 unspecified atom stereocenters. The largest absolute Gasteiger partial charge is 0.458 e. The first kappa shape index (κ1) is 11.0. The average Bonchev–Trinajstić information content (AvgIpc) is 1.78. The number of ether oxygens (including phenoxy) is 1. The molecule has 0 bridgehead atoms. The Bertz CT molecular complexity index is 134. The summed E-state index contributed by atoms with van der Waals surface area (Å²) in [6.45, 7) is -0.165. The molecule has 0 spiro atoms. The normalized spacial score (nSPS) is 11.3. The van der Waals surface area contributed by atoms with Gasteiger partial charge < -0.3 is 4.74 Å². The second-order valence-electron chi connectivity index (χ2n) is 1.80. The van der Waals surface area contributed by atoms with Crippen molar-refractivity contribution in [3.8, 4) is 0 Å². The van der Waals surface area contributed by atoms with E-state index in [1.165, 1.54) is 22.6 Å². The van der Waals surface area contributed by atoms with Gasteiger partial charge in [0.2, 0.25) is 0 Å². The lowest BCUT2D eigenvalue weighted by atomic mass is 10.3. The minimum Gasteiger partial charge on any atom is -0.458 e. The first-order valence-electron chi connectivity index (χ1n) is 2.81. The Labute approximate surface area is 75.2 Å². The lowest BCUT2D eigenvalue weighted by Crippen LogP contribution is -2.09. The van der Waals surface area contributed by atoms with Gasteiger partial charge >= 0.3 is 10.2 Å². The van der Waals surface area contributed by atoms with E-state index in [0.717, 1.165) is 0 Å². The van der Waals surface area contributed by atoms with Gasteiger partial charge in [0.1, 0.15) is 0 Å². The van der Waals surface area contributed by atoms with Crippen molar-refractivity contribution in [2.75, 3.05) is 6.61 Å². The van der Waals surface area contributed by atoms with E-state index >= 15 is 0 Å². The van der Waals surface area contributed by atoms with Gasteiger partial charge in [0.25, 0.3) is 0 Å². The third-order valence-electron chi connectivity index (χ3n) is 0.820. The van der Waals surface area contributed by atoms with Crippen molar-refractivity contribution in [3.05, 3.63) is 0 Å². The summed E-state index contributed by atoms with van der Waals surface area (Å²) >= 11 is 1.36. The molecule has 0 atom stereocenters. The average molecular weight is 282 g/mol. The van der Waals surface area contributed by atoms with Crippen LogP contribution in [-0.2, 0) is 4.74 Å². The maximum absolute atomic E-state index is 11.4. The molecule has 0 aromatic rings. The second-order valence-corrected chi connectivity index (χ2v) is 2.69. The highest BCUT2D eigenvalue weighted by Crippen LogP contribution is 2.21. The third-order valence-corrected chi connectivity index (χ3v) is 1.13. The SMILES string of the molecule is O=C(I)OCCCC(F)(F)F. The van der Waals surface area contributed by atoms with Gasteiger partial charge in [-0.3, -0.25) is 0 Å². The van der Waals surface area contributed by atoms with Crippen LogP contribution in [0.2, 0.25) is 0 Å². The van der Waals surface area contributed by atoms with Crippen LogP contribution in [0.15, 0.2) is 0 Å². The molecular formula is C5H6F3IO2. The Morgan fingerprint density at radius 1 is 1.45 bits per heavy atom. The molecule has 0 aliphatic carbocycles. The highest BCUT2D eigenvalue weighted by Gasteiger charge is 2.26. The number of alkyl halides is 3.